The SMILES string of the molecule is C[C@@]1(C(=O)NCCS(=O)(=O)N2CCN(C(=O)[C@]3(C)CC3(Cl)Cl)CC2)CC1(Cl)Cl. The zero-order valence-corrected chi connectivity index (χ0v) is 19.4. The molecule has 0 unspecified atom stereocenters. The average molecular weight is 495 g/mol. The quantitative estimate of drug-likeness (QED) is 0.570. The maximum atomic E-state index is 12.6. The normalized spacial score (nSPS) is 34.0. The van der Waals surface area contributed by atoms with Gasteiger partial charge in [-0.25, -0.2) is 8.42 Å². The molecule has 0 radical (unpaired) electrons. The molecule has 2 aliphatic carbocycles. The molecule has 0 aromatic rings. The van der Waals surface area contributed by atoms with Gasteiger partial charge < -0.3 is 10.2 Å². The summed E-state index contributed by atoms with van der Waals surface area (Å²) in [6.45, 7) is 4.28. The van der Waals surface area contributed by atoms with Crippen LogP contribution >= 0.6 is 46.4 Å². The summed E-state index contributed by atoms with van der Waals surface area (Å²) in [5, 5.41) is 2.59. The second-order valence-electron chi connectivity index (χ2n) is 8.19. The van der Waals surface area contributed by atoms with Crippen molar-refractivity contribution in [3.8, 4) is 0 Å². The predicted octanol–water partition coefficient (Wildman–Crippen LogP) is 1.74. The lowest BCUT2D eigenvalue weighted by molar-refractivity contribution is -0.137. The van der Waals surface area contributed by atoms with Gasteiger partial charge in [-0.05, 0) is 26.7 Å². The van der Waals surface area contributed by atoms with Crippen molar-refractivity contribution in [1.82, 2.24) is 14.5 Å². The van der Waals surface area contributed by atoms with Gasteiger partial charge in [0.2, 0.25) is 21.8 Å². The minimum atomic E-state index is -3.56. The Morgan fingerprint density at radius 1 is 0.929 bits per heavy atom. The van der Waals surface area contributed by atoms with Crippen molar-refractivity contribution in [2.24, 2.45) is 10.8 Å². The molecule has 1 N–H and O–H groups in total. The Hall–Kier alpha value is 0.01000. The van der Waals surface area contributed by atoms with E-state index in [0.717, 1.165) is 0 Å². The van der Waals surface area contributed by atoms with Gasteiger partial charge in [0.05, 0.1) is 16.6 Å². The molecule has 2 atom stereocenters. The predicted molar refractivity (Wildman–Crippen MR) is 109 cm³/mol. The number of hydrogen-bond acceptors (Lipinski definition) is 4. The summed E-state index contributed by atoms with van der Waals surface area (Å²) in [6.07, 6.45) is 0.730. The van der Waals surface area contributed by atoms with Gasteiger partial charge in [0.25, 0.3) is 0 Å². The molecule has 3 aliphatic rings. The van der Waals surface area contributed by atoms with Gasteiger partial charge in [-0.3, -0.25) is 9.59 Å². The number of alkyl halides is 4. The van der Waals surface area contributed by atoms with Crippen LogP contribution < -0.4 is 5.32 Å². The Balaban J connectivity index is 1.46. The molecule has 0 bridgehead atoms. The fourth-order valence-electron chi connectivity index (χ4n) is 3.41. The van der Waals surface area contributed by atoms with E-state index in [9.17, 15) is 18.0 Å². The molecule has 0 aromatic carbocycles. The van der Waals surface area contributed by atoms with Crippen molar-refractivity contribution in [2.75, 3.05) is 38.5 Å². The molecule has 1 heterocycles. The highest BCUT2D eigenvalue weighted by Crippen LogP contribution is 2.65. The number of sulfonamides is 1. The Kier molecular flexibility index (Phi) is 5.69. The largest absolute Gasteiger partial charge is 0.354 e. The molecule has 7 nitrogen and oxygen atoms in total. The zero-order chi connectivity index (χ0) is 21.2. The number of rotatable bonds is 6. The Morgan fingerprint density at radius 3 is 1.82 bits per heavy atom. The molecule has 1 aliphatic heterocycles. The number of amides is 2. The standard InChI is InChI=1S/C16H23Cl4N3O4S/c1-13(9-15(13,17)18)11(24)21-3-8-28(26,27)23-6-4-22(5-7-23)12(25)14(2)10-16(14,19)20/h3-10H2,1-2H3,(H,21,24)/t13-,14-/m0/s1. The zero-order valence-electron chi connectivity index (χ0n) is 15.6. The smallest absolute Gasteiger partial charge is 0.231 e. The van der Waals surface area contributed by atoms with E-state index in [4.69, 9.17) is 46.4 Å². The van der Waals surface area contributed by atoms with Gasteiger partial charge in [0, 0.05) is 32.7 Å². The number of nitrogens with one attached hydrogen (secondary N) is 1. The Morgan fingerprint density at radius 2 is 1.39 bits per heavy atom. The van der Waals surface area contributed by atoms with Gasteiger partial charge in [-0.1, -0.05) is 0 Å². The van der Waals surface area contributed by atoms with Crippen LogP contribution in [-0.4, -0.2) is 76.6 Å². The highest BCUT2D eigenvalue weighted by Gasteiger charge is 2.69. The van der Waals surface area contributed by atoms with Gasteiger partial charge >= 0.3 is 0 Å². The number of hydrogen-bond donors (Lipinski definition) is 1. The van der Waals surface area contributed by atoms with Crippen LogP contribution in [0.4, 0.5) is 0 Å². The molecule has 0 spiro atoms. The lowest BCUT2D eigenvalue weighted by Gasteiger charge is -2.35. The summed E-state index contributed by atoms with van der Waals surface area (Å²) in [7, 11) is -3.56. The third kappa shape index (κ3) is 3.85. The van der Waals surface area contributed by atoms with Crippen molar-refractivity contribution in [1.29, 1.82) is 0 Å². The highest BCUT2D eigenvalue weighted by molar-refractivity contribution is 7.89. The van der Waals surface area contributed by atoms with Crippen LogP contribution in [0.1, 0.15) is 26.7 Å². The summed E-state index contributed by atoms with van der Waals surface area (Å²) in [4.78, 5) is 26.3. The van der Waals surface area contributed by atoms with Gasteiger partial charge in [0.1, 0.15) is 8.67 Å². The number of carbonyl (C=O) groups is 2. The first kappa shape index (κ1) is 22.7. The van der Waals surface area contributed by atoms with Crippen molar-refractivity contribution < 1.29 is 18.0 Å². The van der Waals surface area contributed by atoms with Crippen LogP contribution in [0.5, 0.6) is 0 Å². The van der Waals surface area contributed by atoms with E-state index >= 15 is 0 Å². The van der Waals surface area contributed by atoms with Crippen LogP contribution in [0.2, 0.25) is 0 Å². The molecule has 160 valence electrons. The maximum Gasteiger partial charge on any atom is 0.231 e. The molecule has 1 saturated heterocycles. The third-order valence-electron chi connectivity index (χ3n) is 6.05. The van der Waals surface area contributed by atoms with E-state index in [1.807, 2.05) is 0 Å². The Bertz CT molecular complexity index is 798. The van der Waals surface area contributed by atoms with Crippen molar-refractivity contribution in [3.63, 3.8) is 0 Å². The van der Waals surface area contributed by atoms with Crippen LogP contribution in [-0.2, 0) is 19.6 Å². The fourth-order valence-corrected chi connectivity index (χ4v) is 6.15. The molecule has 3 rings (SSSR count). The summed E-state index contributed by atoms with van der Waals surface area (Å²) >= 11 is 24.0. The lowest BCUT2D eigenvalue weighted by atomic mass is 10.1. The third-order valence-corrected chi connectivity index (χ3v) is 10.1. The first-order chi connectivity index (χ1) is 12.7. The summed E-state index contributed by atoms with van der Waals surface area (Å²) in [5.41, 5.74) is -1.69. The first-order valence-corrected chi connectivity index (χ1v) is 12.1. The van der Waals surface area contributed by atoms with Gasteiger partial charge in [-0.15, -0.1) is 46.4 Å². The van der Waals surface area contributed by atoms with Crippen molar-refractivity contribution in [2.45, 2.75) is 35.4 Å². The van der Waals surface area contributed by atoms with E-state index in [2.05, 4.69) is 5.32 Å². The first-order valence-electron chi connectivity index (χ1n) is 8.98. The summed E-state index contributed by atoms with van der Waals surface area (Å²) < 4.78 is 24.2. The fraction of sp³-hybridized carbons (Fsp3) is 0.875. The van der Waals surface area contributed by atoms with E-state index in [0.29, 0.717) is 12.8 Å². The number of nitrogens with zero attached hydrogens (tertiary/aromatic N) is 2. The summed E-state index contributed by atoms with van der Waals surface area (Å²) in [6, 6.07) is 0. The molecular weight excluding hydrogens is 472 g/mol. The Labute approximate surface area is 185 Å². The lowest BCUT2D eigenvalue weighted by Crippen LogP contribution is -2.53. The maximum absolute atomic E-state index is 12.6. The van der Waals surface area contributed by atoms with Crippen LogP contribution in [0, 0.1) is 10.8 Å². The van der Waals surface area contributed by atoms with E-state index in [-0.39, 0.29) is 50.3 Å². The second kappa shape index (κ2) is 7.02. The summed E-state index contributed by atoms with van der Waals surface area (Å²) in [5.74, 6) is -0.735. The number of piperazine rings is 1. The highest BCUT2D eigenvalue weighted by atomic mass is 35.5. The molecule has 0 aromatic heterocycles. The van der Waals surface area contributed by atoms with Crippen molar-refractivity contribution >= 4 is 68.2 Å². The van der Waals surface area contributed by atoms with E-state index in [1.165, 1.54) is 4.31 Å². The molecule has 3 fully saturated rings. The topological polar surface area (TPSA) is 86.8 Å². The molecule has 2 saturated carbocycles. The molecular formula is C16H23Cl4N3O4S. The van der Waals surface area contributed by atoms with E-state index < -0.39 is 29.5 Å². The molecule has 28 heavy (non-hydrogen) atoms. The van der Waals surface area contributed by atoms with Crippen LogP contribution in [0.3, 0.4) is 0 Å². The minimum absolute atomic E-state index is 0.0289. The van der Waals surface area contributed by atoms with Crippen molar-refractivity contribution in [3.05, 3.63) is 0 Å². The van der Waals surface area contributed by atoms with Crippen LogP contribution in [0.25, 0.3) is 0 Å². The monoisotopic (exact) mass is 493 g/mol. The van der Waals surface area contributed by atoms with Crippen LogP contribution in [0.15, 0.2) is 0 Å². The average Bonchev–Trinajstić information content (AvgIpc) is 3.33. The minimum Gasteiger partial charge on any atom is -0.354 e. The number of carbonyl (C=O) groups excluding carboxylic acids is 2. The second-order valence-corrected chi connectivity index (χ2v) is 13.2. The number of halogens is 4. The molecule has 12 heteroatoms. The molecule has 2 amide bonds. The van der Waals surface area contributed by atoms with Gasteiger partial charge in [0.15, 0.2) is 0 Å². The van der Waals surface area contributed by atoms with Gasteiger partial charge in [-0.2, -0.15) is 4.31 Å². The van der Waals surface area contributed by atoms with E-state index in [1.54, 1.807) is 18.7 Å².